The summed E-state index contributed by atoms with van der Waals surface area (Å²) in [7, 11) is 0. The van der Waals surface area contributed by atoms with Crippen LogP contribution in [-0.4, -0.2) is 40.0 Å². The van der Waals surface area contributed by atoms with Crippen molar-refractivity contribution in [1.29, 1.82) is 0 Å². The minimum atomic E-state index is 0.0328. The summed E-state index contributed by atoms with van der Waals surface area (Å²) in [5, 5.41) is 3.13. The Bertz CT molecular complexity index is 724. The number of aromatic nitrogens is 3. The third-order valence-electron chi connectivity index (χ3n) is 4.47. The first-order chi connectivity index (χ1) is 12.0. The standard InChI is InChI=1S/C19H25N5O/c1-13(2)19(25)22-16-6-10-24(11-7-16)17-12-14(3)21-18(23-17)15-4-8-20-9-5-15/h4-5,8-9,12-13,16H,6-7,10-11H2,1-3H3,(H,22,25). The number of nitrogens with zero attached hydrogens (tertiary/aromatic N) is 4. The van der Waals surface area contributed by atoms with Gasteiger partial charge in [-0.2, -0.15) is 0 Å². The second-order valence-corrected chi connectivity index (χ2v) is 6.85. The van der Waals surface area contributed by atoms with Gasteiger partial charge in [-0.15, -0.1) is 0 Å². The Labute approximate surface area is 148 Å². The van der Waals surface area contributed by atoms with Gasteiger partial charge in [-0.1, -0.05) is 13.8 Å². The van der Waals surface area contributed by atoms with Crippen molar-refractivity contribution in [3.8, 4) is 11.4 Å². The van der Waals surface area contributed by atoms with E-state index in [1.807, 2.05) is 39.0 Å². The average Bonchev–Trinajstić information content (AvgIpc) is 2.62. The van der Waals surface area contributed by atoms with Gasteiger partial charge < -0.3 is 10.2 Å². The van der Waals surface area contributed by atoms with Gasteiger partial charge in [0.15, 0.2) is 5.82 Å². The number of aryl methyl sites for hydroxylation is 1. The lowest BCUT2D eigenvalue weighted by molar-refractivity contribution is -0.124. The predicted molar refractivity (Wildman–Crippen MR) is 98.2 cm³/mol. The van der Waals surface area contributed by atoms with Crippen molar-refractivity contribution in [3.63, 3.8) is 0 Å². The fourth-order valence-corrected chi connectivity index (χ4v) is 2.96. The average molecular weight is 339 g/mol. The lowest BCUT2D eigenvalue weighted by atomic mass is 10.0. The van der Waals surface area contributed by atoms with E-state index in [-0.39, 0.29) is 17.9 Å². The summed E-state index contributed by atoms with van der Waals surface area (Å²) in [6.07, 6.45) is 5.38. The number of piperidine rings is 1. The Morgan fingerprint density at radius 1 is 1.20 bits per heavy atom. The molecule has 0 aromatic carbocycles. The lowest BCUT2D eigenvalue weighted by Crippen LogP contribution is -2.46. The normalized spacial score (nSPS) is 15.4. The van der Waals surface area contributed by atoms with E-state index in [9.17, 15) is 4.79 Å². The SMILES string of the molecule is Cc1cc(N2CCC(NC(=O)C(C)C)CC2)nc(-c2ccncc2)n1. The number of hydrogen-bond acceptors (Lipinski definition) is 5. The highest BCUT2D eigenvalue weighted by molar-refractivity contribution is 5.78. The van der Waals surface area contributed by atoms with Crippen LogP contribution in [0.2, 0.25) is 0 Å². The zero-order chi connectivity index (χ0) is 17.8. The molecule has 6 nitrogen and oxygen atoms in total. The van der Waals surface area contributed by atoms with E-state index in [4.69, 9.17) is 4.98 Å². The van der Waals surface area contributed by atoms with Crippen molar-refractivity contribution >= 4 is 11.7 Å². The maximum Gasteiger partial charge on any atom is 0.222 e. The molecule has 0 saturated carbocycles. The molecular formula is C19H25N5O. The van der Waals surface area contributed by atoms with Crippen LogP contribution >= 0.6 is 0 Å². The number of nitrogens with one attached hydrogen (secondary N) is 1. The zero-order valence-corrected chi connectivity index (χ0v) is 15.1. The Morgan fingerprint density at radius 2 is 1.88 bits per heavy atom. The topological polar surface area (TPSA) is 71.0 Å². The van der Waals surface area contributed by atoms with Gasteiger partial charge in [-0.25, -0.2) is 9.97 Å². The summed E-state index contributed by atoms with van der Waals surface area (Å²) < 4.78 is 0. The monoisotopic (exact) mass is 339 g/mol. The molecule has 1 amide bonds. The highest BCUT2D eigenvalue weighted by atomic mass is 16.1. The molecule has 1 fully saturated rings. The molecule has 1 saturated heterocycles. The molecule has 0 spiro atoms. The van der Waals surface area contributed by atoms with Gasteiger partial charge in [0.1, 0.15) is 5.82 Å². The Morgan fingerprint density at radius 3 is 2.52 bits per heavy atom. The van der Waals surface area contributed by atoms with Gasteiger partial charge in [-0.3, -0.25) is 9.78 Å². The summed E-state index contributed by atoms with van der Waals surface area (Å²) in [5.41, 5.74) is 1.92. The molecule has 0 unspecified atom stereocenters. The van der Waals surface area contributed by atoms with E-state index in [0.717, 1.165) is 48.8 Å². The minimum absolute atomic E-state index is 0.0328. The van der Waals surface area contributed by atoms with Crippen molar-refractivity contribution in [2.45, 2.75) is 39.7 Å². The molecule has 0 bridgehead atoms. The zero-order valence-electron chi connectivity index (χ0n) is 15.1. The Hall–Kier alpha value is -2.50. The third-order valence-corrected chi connectivity index (χ3v) is 4.47. The molecule has 6 heteroatoms. The summed E-state index contributed by atoms with van der Waals surface area (Å²) in [5.74, 6) is 1.85. The van der Waals surface area contributed by atoms with Crippen molar-refractivity contribution < 1.29 is 4.79 Å². The molecule has 0 atom stereocenters. The summed E-state index contributed by atoms with van der Waals surface area (Å²) >= 11 is 0. The highest BCUT2D eigenvalue weighted by Crippen LogP contribution is 2.22. The smallest absolute Gasteiger partial charge is 0.222 e. The molecule has 1 aliphatic rings. The van der Waals surface area contributed by atoms with E-state index >= 15 is 0 Å². The summed E-state index contributed by atoms with van der Waals surface area (Å²) in [4.78, 5) is 27.5. The molecule has 1 N–H and O–H groups in total. The number of carbonyl (C=O) groups is 1. The lowest BCUT2D eigenvalue weighted by Gasteiger charge is -2.33. The number of anilines is 1. The first-order valence-electron chi connectivity index (χ1n) is 8.84. The largest absolute Gasteiger partial charge is 0.356 e. The molecule has 2 aromatic heterocycles. The van der Waals surface area contributed by atoms with Gasteiger partial charge in [-0.05, 0) is 31.9 Å². The Kier molecular flexibility index (Phi) is 5.26. The van der Waals surface area contributed by atoms with Crippen LogP contribution in [0.1, 0.15) is 32.4 Å². The summed E-state index contributed by atoms with van der Waals surface area (Å²) in [6.45, 7) is 7.61. The maximum atomic E-state index is 11.9. The molecule has 0 aliphatic carbocycles. The van der Waals surface area contributed by atoms with Crippen LogP contribution in [0.5, 0.6) is 0 Å². The van der Waals surface area contributed by atoms with E-state index in [2.05, 4.69) is 20.2 Å². The van der Waals surface area contributed by atoms with Crippen molar-refractivity contribution in [2.75, 3.05) is 18.0 Å². The highest BCUT2D eigenvalue weighted by Gasteiger charge is 2.23. The Balaban J connectivity index is 1.69. The molecule has 1 aliphatic heterocycles. The van der Waals surface area contributed by atoms with Gasteiger partial charge in [0.2, 0.25) is 5.91 Å². The van der Waals surface area contributed by atoms with Crippen LogP contribution in [0.4, 0.5) is 5.82 Å². The van der Waals surface area contributed by atoms with Crippen molar-refractivity contribution in [1.82, 2.24) is 20.3 Å². The fraction of sp³-hybridized carbons (Fsp3) is 0.474. The van der Waals surface area contributed by atoms with Crippen LogP contribution in [0.3, 0.4) is 0 Å². The number of pyridine rings is 1. The van der Waals surface area contributed by atoms with E-state index in [1.54, 1.807) is 12.4 Å². The van der Waals surface area contributed by atoms with Crippen LogP contribution in [-0.2, 0) is 4.79 Å². The van der Waals surface area contributed by atoms with Crippen LogP contribution in [0.25, 0.3) is 11.4 Å². The second kappa shape index (κ2) is 7.59. The molecular weight excluding hydrogens is 314 g/mol. The number of amides is 1. The van der Waals surface area contributed by atoms with Gasteiger partial charge >= 0.3 is 0 Å². The van der Waals surface area contributed by atoms with Crippen molar-refractivity contribution in [2.24, 2.45) is 5.92 Å². The first-order valence-corrected chi connectivity index (χ1v) is 8.84. The van der Waals surface area contributed by atoms with E-state index in [0.29, 0.717) is 0 Å². The second-order valence-electron chi connectivity index (χ2n) is 6.85. The predicted octanol–water partition coefficient (Wildman–Crippen LogP) is 2.59. The number of carbonyl (C=O) groups excluding carboxylic acids is 1. The number of rotatable bonds is 4. The van der Waals surface area contributed by atoms with Gasteiger partial charge in [0, 0.05) is 54.8 Å². The molecule has 3 rings (SSSR count). The first kappa shape index (κ1) is 17.3. The fourth-order valence-electron chi connectivity index (χ4n) is 2.96. The maximum absolute atomic E-state index is 11.9. The van der Waals surface area contributed by atoms with E-state index < -0.39 is 0 Å². The van der Waals surface area contributed by atoms with Gasteiger partial charge in [0.25, 0.3) is 0 Å². The summed E-state index contributed by atoms with van der Waals surface area (Å²) in [6, 6.07) is 6.13. The third kappa shape index (κ3) is 4.32. The van der Waals surface area contributed by atoms with Crippen LogP contribution in [0, 0.1) is 12.8 Å². The molecule has 2 aromatic rings. The molecule has 3 heterocycles. The van der Waals surface area contributed by atoms with Crippen LogP contribution in [0.15, 0.2) is 30.6 Å². The number of hydrogen-bond donors (Lipinski definition) is 1. The minimum Gasteiger partial charge on any atom is -0.356 e. The molecule has 0 radical (unpaired) electrons. The van der Waals surface area contributed by atoms with Gasteiger partial charge in [0.05, 0.1) is 0 Å². The van der Waals surface area contributed by atoms with Crippen LogP contribution < -0.4 is 10.2 Å². The van der Waals surface area contributed by atoms with Crippen molar-refractivity contribution in [3.05, 3.63) is 36.3 Å². The van der Waals surface area contributed by atoms with E-state index in [1.165, 1.54) is 0 Å². The molecule has 132 valence electrons. The molecule has 25 heavy (non-hydrogen) atoms. The quantitative estimate of drug-likeness (QED) is 0.927.